The predicted octanol–water partition coefficient (Wildman–Crippen LogP) is 3.37. The van der Waals surface area contributed by atoms with Crippen molar-refractivity contribution in [1.29, 1.82) is 0 Å². The summed E-state index contributed by atoms with van der Waals surface area (Å²) < 4.78 is 5.32. The number of nitro benzene ring substituents is 1. The van der Waals surface area contributed by atoms with E-state index in [4.69, 9.17) is 4.74 Å². The van der Waals surface area contributed by atoms with Crippen LogP contribution in [0.5, 0.6) is 5.75 Å². The fourth-order valence-electron chi connectivity index (χ4n) is 4.01. The first-order valence-electron chi connectivity index (χ1n) is 10.7. The van der Waals surface area contributed by atoms with Gasteiger partial charge in [-0.2, -0.15) is 0 Å². The Hall–Kier alpha value is -3.72. The van der Waals surface area contributed by atoms with Crippen LogP contribution in [0.2, 0.25) is 0 Å². The molecule has 0 bridgehead atoms. The first kappa shape index (κ1) is 23.9. The maximum atomic E-state index is 13.1. The molecule has 2 aromatic rings. The number of rotatable bonds is 9. The summed E-state index contributed by atoms with van der Waals surface area (Å²) in [6, 6.07) is 11.4. The molecule has 3 rings (SSSR count). The summed E-state index contributed by atoms with van der Waals surface area (Å²) in [5.41, 5.74) is 0.603. The molecule has 1 heterocycles. The van der Waals surface area contributed by atoms with Gasteiger partial charge in [-0.25, -0.2) is 0 Å². The molecule has 0 aliphatic carbocycles. The van der Waals surface area contributed by atoms with Crippen LogP contribution in [0.1, 0.15) is 31.0 Å². The number of Topliss-reactive ketones (excluding diaryl/α,β-unsaturated/α-hetero) is 1. The molecule has 2 aromatic carbocycles. The van der Waals surface area contributed by atoms with Crippen LogP contribution < -0.4 is 4.74 Å². The lowest BCUT2D eigenvalue weighted by Crippen LogP contribution is -2.38. The van der Waals surface area contributed by atoms with Gasteiger partial charge in [0, 0.05) is 25.2 Å². The lowest BCUT2D eigenvalue weighted by Gasteiger charge is -2.28. The highest BCUT2D eigenvalue weighted by molar-refractivity contribution is 6.46. The minimum atomic E-state index is -0.883. The van der Waals surface area contributed by atoms with E-state index in [2.05, 4.69) is 4.90 Å². The molecule has 174 valence electrons. The molecule has 9 heteroatoms. The van der Waals surface area contributed by atoms with Crippen LogP contribution in [0, 0.1) is 10.1 Å². The average Bonchev–Trinajstić information content (AvgIpc) is 3.09. The lowest BCUT2D eigenvalue weighted by atomic mass is 9.95. The zero-order valence-electron chi connectivity index (χ0n) is 18.9. The van der Waals surface area contributed by atoms with Gasteiger partial charge in [-0.3, -0.25) is 19.7 Å². The molecule has 33 heavy (non-hydrogen) atoms. The number of para-hydroxylation sites is 1. The monoisotopic (exact) mass is 453 g/mol. The van der Waals surface area contributed by atoms with Gasteiger partial charge in [0.1, 0.15) is 11.5 Å². The molecule has 1 unspecified atom stereocenters. The molecule has 0 aromatic heterocycles. The van der Waals surface area contributed by atoms with E-state index in [0.717, 1.165) is 13.1 Å². The number of nitro groups is 1. The minimum absolute atomic E-state index is 0.0714. The number of non-ortho nitro benzene ring substituents is 1. The van der Waals surface area contributed by atoms with E-state index < -0.39 is 22.7 Å². The fraction of sp³-hybridized carbons (Fsp3) is 0.333. The van der Waals surface area contributed by atoms with Crippen molar-refractivity contribution < 1.29 is 24.4 Å². The highest BCUT2D eigenvalue weighted by atomic mass is 16.6. The molecule has 1 aliphatic heterocycles. The molecule has 1 atom stereocenters. The van der Waals surface area contributed by atoms with E-state index >= 15 is 0 Å². The quantitative estimate of drug-likeness (QED) is 0.204. The number of nitrogens with zero attached hydrogens (tertiary/aromatic N) is 3. The van der Waals surface area contributed by atoms with Gasteiger partial charge in [0.15, 0.2) is 0 Å². The molecule has 1 aliphatic rings. The van der Waals surface area contributed by atoms with E-state index in [1.165, 1.54) is 36.3 Å². The molecule has 0 saturated carbocycles. The minimum Gasteiger partial charge on any atom is -0.507 e. The highest BCUT2D eigenvalue weighted by Crippen LogP contribution is 2.41. The third kappa shape index (κ3) is 4.73. The number of likely N-dealkylation sites (tertiary alicyclic amines) is 1. The van der Waals surface area contributed by atoms with Gasteiger partial charge in [-0.05, 0) is 42.9 Å². The topological polar surface area (TPSA) is 113 Å². The number of hydrogen-bond donors (Lipinski definition) is 1. The first-order valence-corrected chi connectivity index (χ1v) is 10.7. The van der Waals surface area contributed by atoms with Gasteiger partial charge in [-0.1, -0.05) is 26.0 Å². The van der Waals surface area contributed by atoms with Crippen molar-refractivity contribution in [2.75, 3.05) is 33.3 Å². The van der Waals surface area contributed by atoms with E-state index in [0.29, 0.717) is 17.9 Å². The van der Waals surface area contributed by atoms with Crippen LogP contribution in [0.3, 0.4) is 0 Å². The van der Waals surface area contributed by atoms with E-state index in [1.807, 2.05) is 13.8 Å². The van der Waals surface area contributed by atoms with Gasteiger partial charge in [0.05, 0.1) is 29.2 Å². The number of hydrogen-bond acceptors (Lipinski definition) is 7. The smallest absolute Gasteiger partial charge is 0.295 e. The standard InChI is InChI=1S/C24H27N3O6/c1-4-25(5-2)14-15-26-21(16-10-12-17(13-11-16)27(31)32)20(23(29)24(26)30)22(28)18-8-6-7-9-19(18)33-3/h6-13,21,28H,4-5,14-15H2,1-3H3/b22-20+. The molecule has 1 saturated heterocycles. The molecule has 1 fully saturated rings. The van der Waals surface area contributed by atoms with Crippen LogP contribution in [-0.2, 0) is 9.59 Å². The number of amides is 1. The predicted molar refractivity (Wildman–Crippen MR) is 123 cm³/mol. The number of benzene rings is 2. The average molecular weight is 453 g/mol. The second-order valence-corrected chi connectivity index (χ2v) is 7.57. The van der Waals surface area contributed by atoms with Gasteiger partial charge < -0.3 is 19.6 Å². The number of likely N-dealkylation sites (N-methyl/N-ethyl adjacent to an activating group) is 1. The summed E-state index contributed by atoms with van der Waals surface area (Å²) in [7, 11) is 1.45. The molecule has 0 radical (unpaired) electrons. The zero-order chi connectivity index (χ0) is 24.1. The summed E-state index contributed by atoms with van der Waals surface area (Å²) in [6.07, 6.45) is 0. The molecule has 0 spiro atoms. The van der Waals surface area contributed by atoms with Crippen LogP contribution >= 0.6 is 0 Å². The summed E-state index contributed by atoms with van der Waals surface area (Å²) in [6.45, 7) is 6.38. The Balaban J connectivity index is 2.14. The second-order valence-electron chi connectivity index (χ2n) is 7.57. The van der Waals surface area contributed by atoms with Gasteiger partial charge in [0.25, 0.3) is 17.4 Å². The lowest BCUT2D eigenvalue weighted by molar-refractivity contribution is -0.384. The van der Waals surface area contributed by atoms with Crippen molar-refractivity contribution in [3.63, 3.8) is 0 Å². The number of ether oxygens (including phenoxy) is 1. The number of carbonyl (C=O) groups is 2. The maximum Gasteiger partial charge on any atom is 0.295 e. The van der Waals surface area contributed by atoms with Crippen molar-refractivity contribution >= 4 is 23.1 Å². The second kappa shape index (κ2) is 10.3. The summed E-state index contributed by atoms with van der Waals surface area (Å²) in [4.78, 5) is 40.2. The number of methoxy groups -OCH3 is 1. The van der Waals surface area contributed by atoms with Crippen molar-refractivity contribution in [2.24, 2.45) is 0 Å². The molecule has 1 amide bonds. The van der Waals surface area contributed by atoms with Crippen molar-refractivity contribution in [1.82, 2.24) is 9.80 Å². The van der Waals surface area contributed by atoms with E-state index in [1.54, 1.807) is 24.3 Å². The molecular formula is C24H27N3O6. The Morgan fingerprint density at radius 3 is 2.33 bits per heavy atom. The maximum absolute atomic E-state index is 13.1. The van der Waals surface area contributed by atoms with E-state index in [-0.39, 0.29) is 29.1 Å². The SMILES string of the molecule is CCN(CC)CCN1C(=O)C(=O)/C(=C(/O)c2ccccc2OC)C1c1ccc([N+](=O)[O-])cc1. The molecule has 9 nitrogen and oxygen atoms in total. The van der Waals surface area contributed by atoms with Crippen LogP contribution in [0.4, 0.5) is 5.69 Å². The summed E-state index contributed by atoms with van der Waals surface area (Å²) >= 11 is 0. The third-order valence-corrected chi connectivity index (χ3v) is 5.87. The third-order valence-electron chi connectivity index (χ3n) is 5.87. The summed E-state index contributed by atoms with van der Waals surface area (Å²) in [5.74, 6) is -1.52. The van der Waals surface area contributed by atoms with E-state index in [9.17, 15) is 24.8 Å². The number of aliphatic hydroxyl groups is 1. The molecule has 1 N–H and O–H groups in total. The Morgan fingerprint density at radius 2 is 1.76 bits per heavy atom. The fourth-order valence-corrected chi connectivity index (χ4v) is 4.01. The number of carbonyl (C=O) groups excluding carboxylic acids is 2. The normalized spacial score (nSPS) is 17.6. The van der Waals surface area contributed by atoms with Crippen LogP contribution in [-0.4, -0.2) is 64.8 Å². The van der Waals surface area contributed by atoms with Gasteiger partial charge in [-0.15, -0.1) is 0 Å². The largest absolute Gasteiger partial charge is 0.507 e. The Morgan fingerprint density at radius 1 is 1.12 bits per heavy atom. The molecular weight excluding hydrogens is 426 g/mol. The highest BCUT2D eigenvalue weighted by Gasteiger charge is 2.46. The van der Waals surface area contributed by atoms with Crippen molar-refractivity contribution in [3.05, 3.63) is 75.3 Å². The Bertz CT molecular complexity index is 1080. The Labute approximate surface area is 192 Å². The van der Waals surface area contributed by atoms with Gasteiger partial charge in [0.2, 0.25) is 0 Å². The van der Waals surface area contributed by atoms with Gasteiger partial charge >= 0.3 is 0 Å². The van der Waals surface area contributed by atoms with Crippen molar-refractivity contribution in [3.8, 4) is 5.75 Å². The first-order chi connectivity index (χ1) is 15.8. The van der Waals surface area contributed by atoms with Crippen LogP contribution in [0.15, 0.2) is 54.1 Å². The Kier molecular flexibility index (Phi) is 7.44. The van der Waals surface area contributed by atoms with Crippen molar-refractivity contribution in [2.45, 2.75) is 19.9 Å². The zero-order valence-corrected chi connectivity index (χ0v) is 18.9. The number of ketones is 1. The summed E-state index contributed by atoms with van der Waals surface area (Å²) in [5, 5.41) is 22.3. The number of aliphatic hydroxyl groups excluding tert-OH is 1. The van der Waals surface area contributed by atoms with Crippen LogP contribution in [0.25, 0.3) is 5.76 Å².